The standard InChI is InChI=1S/C23H37N5O5/c1-23(2,3)33-22(31)26-12-11-25-10-9-19(24)27-21(30)18(13-16-7-5-6-8-16)28-15-17(32-4)14-20(28)29/h9-10,14,16,18,25H,5-8,11-13,15H2,1-4H3,(H,26,31)(H2,24,27,30)/b10-9-/t18-/m0/s1. The number of ether oxygens (including phenoxy) is 2. The van der Waals surface area contributed by atoms with Crippen molar-refractivity contribution in [1.82, 2.24) is 20.9 Å². The topological polar surface area (TPSA) is 133 Å². The van der Waals surface area contributed by atoms with Gasteiger partial charge in [-0.1, -0.05) is 25.7 Å². The number of carbonyl (C=O) groups excluding carboxylic acids is 3. The van der Waals surface area contributed by atoms with E-state index in [1.165, 1.54) is 30.4 Å². The Bertz CT molecular complexity index is 781. The van der Waals surface area contributed by atoms with E-state index in [0.717, 1.165) is 25.7 Å². The van der Waals surface area contributed by atoms with Gasteiger partial charge in [0.1, 0.15) is 23.2 Å². The summed E-state index contributed by atoms with van der Waals surface area (Å²) < 4.78 is 10.3. The third-order valence-corrected chi connectivity index (χ3v) is 5.43. The molecule has 0 aromatic rings. The molecule has 0 spiro atoms. The average Bonchev–Trinajstić information content (AvgIpc) is 3.36. The third kappa shape index (κ3) is 9.15. The first kappa shape index (κ1) is 26.2. The van der Waals surface area contributed by atoms with Crippen molar-refractivity contribution in [2.45, 2.75) is 64.5 Å². The third-order valence-electron chi connectivity index (χ3n) is 5.43. The highest BCUT2D eigenvalue weighted by Gasteiger charge is 2.36. The molecule has 0 unspecified atom stereocenters. The summed E-state index contributed by atoms with van der Waals surface area (Å²) >= 11 is 0. The van der Waals surface area contributed by atoms with Crippen LogP contribution in [-0.4, -0.2) is 67.0 Å². The minimum atomic E-state index is -0.649. The first-order valence-electron chi connectivity index (χ1n) is 11.4. The molecular formula is C23H37N5O5. The van der Waals surface area contributed by atoms with Gasteiger partial charge in [-0.3, -0.25) is 15.0 Å². The Morgan fingerprint density at radius 2 is 1.97 bits per heavy atom. The van der Waals surface area contributed by atoms with E-state index in [1.54, 1.807) is 20.8 Å². The zero-order valence-electron chi connectivity index (χ0n) is 20.0. The molecule has 0 saturated heterocycles. The molecular weight excluding hydrogens is 426 g/mol. The lowest BCUT2D eigenvalue weighted by Crippen LogP contribution is -2.50. The largest absolute Gasteiger partial charge is 0.499 e. The van der Waals surface area contributed by atoms with Crippen molar-refractivity contribution in [2.24, 2.45) is 5.92 Å². The molecule has 10 heteroatoms. The molecule has 184 valence electrons. The van der Waals surface area contributed by atoms with Crippen LogP contribution in [0.2, 0.25) is 0 Å². The number of hydrogen-bond acceptors (Lipinski definition) is 7. The van der Waals surface area contributed by atoms with Gasteiger partial charge in [0.25, 0.3) is 5.91 Å². The van der Waals surface area contributed by atoms with Crippen LogP contribution in [-0.2, 0) is 19.1 Å². The number of alkyl carbamates (subject to hydrolysis) is 1. The first-order valence-corrected chi connectivity index (χ1v) is 11.4. The predicted octanol–water partition coefficient (Wildman–Crippen LogP) is 2.03. The number of rotatable bonds is 10. The first-order chi connectivity index (χ1) is 15.6. The molecule has 1 aliphatic carbocycles. The predicted molar refractivity (Wildman–Crippen MR) is 124 cm³/mol. The quantitative estimate of drug-likeness (QED) is 0.223. The maximum Gasteiger partial charge on any atom is 0.407 e. The van der Waals surface area contributed by atoms with Gasteiger partial charge in [0.2, 0.25) is 5.91 Å². The fourth-order valence-corrected chi connectivity index (χ4v) is 3.87. The van der Waals surface area contributed by atoms with E-state index in [0.29, 0.717) is 31.2 Å². The number of amides is 3. The summed E-state index contributed by atoms with van der Waals surface area (Å²) in [6, 6.07) is -0.649. The van der Waals surface area contributed by atoms with Gasteiger partial charge < -0.3 is 30.3 Å². The Balaban J connectivity index is 1.80. The molecule has 0 radical (unpaired) electrons. The Kier molecular flexibility index (Phi) is 9.74. The fourth-order valence-electron chi connectivity index (χ4n) is 3.87. The zero-order chi connectivity index (χ0) is 24.4. The fraction of sp³-hybridized carbons (Fsp3) is 0.652. The lowest BCUT2D eigenvalue weighted by molar-refractivity contribution is -0.135. The van der Waals surface area contributed by atoms with Gasteiger partial charge in [-0.15, -0.1) is 0 Å². The van der Waals surface area contributed by atoms with E-state index in [1.807, 2.05) is 0 Å². The molecule has 1 saturated carbocycles. The SMILES string of the molecule is COC1=CC(=O)N([C@@H](CC2CCCC2)C(=O)NC(=N)/C=C\NCCNC(=O)OC(C)(C)C)C1. The number of hydrogen-bond donors (Lipinski definition) is 4. The van der Waals surface area contributed by atoms with E-state index in [2.05, 4.69) is 16.0 Å². The second-order valence-corrected chi connectivity index (χ2v) is 9.30. The summed E-state index contributed by atoms with van der Waals surface area (Å²) in [7, 11) is 1.51. The van der Waals surface area contributed by atoms with Crippen LogP contribution in [0, 0.1) is 11.3 Å². The maximum absolute atomic E-state index is 13.0. The summed E-state index contributed by atoms with van der Waals surface area (Å²) in [5.41, 5.74) is -0.554. The Labute approximate surface area is 195 Å². The molecule has 1 fully saturated rings. The molecule has 0 aromatic heterocycles. The molecule has 10 nitrogen and oxygen atoms in total. The molecule has 2 aliphatic rings. The van der Waals surface area contributed by atoms with Crippen molar-refractivity contribution in [1.29, 1.82) is 5.41 Å². The van der Waals surface area contributed by atoms with Gasteiger partial charge in [-0.05, 0) is 39.2 Å². The molecule has 33 heavy (non-hydrogen) atoms. The van der Waals surface area contributed by atoms with Gasteiger partial charge >= 0.3 is 6.09 Å². The maximum atomic E-state index is 13.0. The highest BCUT2D eigenvalue weighted by atomic mass is 16.6. The number of amidine groups is 1. The van der Waals surface area contributed by atoms with Crippen LogP contribution in [0.3, 0.4) is 0 Å². The number of nitrogens with zero attached hydrogens (tertiary/aromatic N) is 1. The van der Waals surface area contributed by atoms with Crippen molar-refractivity contribution >= 4 is 23.7 Å². The van der Waals surface area contributed by atoms with Crippen LogP contribution in [0.5, 0.6) is 0 Å². The van der Waals surface area contributed by atoms with Crippen molar-refractivity contribution in [3.8, 4) is 0 Å². The molecule has 3 amide bonds. The molecule has 1 aliphatic heterocycles. The molecule has 0 aromatic carbocycles. The van der Waals surface area contributed by atoms with Gasteiger partial charge in [0, 0.05) is 25.4 Å². The van der Waals surface area contributed by atoms with Crippen LogP contribution in [0.25, 0.3) is 0 Å². The van der Waals surface area contributed by atoms with Crippen molar-refractivity contribution in [2.75, 3.05) is 26.7 Å². The number of nitrogens with one attached hydrogen (secondary N) is 4. The van der Waals surface area contributed by atoms with Gasteiger partial charge in [-0.25, -0.2) is 4.79 Å². The monoisotopic (exact) mass is 463 g/mol. The van der Waals surface area contributed by atoms with Crippen LogP contribution in [0.4, 0.5) is 4.79 Å². The summed E-state index contributed by atoms with van der Waals surface area (Å²) in [6.45, 7) is 6.40. The smallest absolute Gasteiger partial charge is 0.407 e. The van der Waals surface area contributed by atoms with Crippen LogP contribution >= 0.6 is 0 Å². The lowest BCUT2D eigenvalue weighted by atomic mass is 9.96. The van der Waals surface area contributed by atoms with Crippen molar-refractivity contribution in [3.05, 3.63) is 24.1 Å². The Morgan fingerprint density at radius 3 is 2.58 bits per heavy atom. The molecule has 1 atom stereocenters. The number of carbonyl (C=O) groups is 3. The highest BCUT2D eigenvalue weighted by Crippen LogP contribution is 2.31. The van der Waals surface area contributed by atoms with Gasteiger partial charge in [-0.2, -0.15) is 0 Å². The van der Waals surface area contributed by atoms with Gasteiger partial charge in [0.15, 0.2) is 0 Å². The highest BCUT2D eigenvalue weighted by molar-refractivity contribution is 6.05. The van der Waals surface area contributed by atoms with E-state index in [9.17, 15) is 14.4 Å². The average molecular weight is 464 g/mol. The van der Waals surface area contributed by atoms with E-state index >= 15 is 0 Å². The minimum Gasteiger partial charge on any atom is -0.499 e. The molecule has 2 rings (SSSR count). The summed E-state index contributed by atoms with van der Waals surface area (Å²) in [5, 5.41) is 16.2. The molecule has 4 N–H and O–H groups in total. The Morgan fingerprint density at radius 1 is 1.27 bits per heavy atom. The second-order valence-electron chi connectivity index (χ2n) is 9.30. The van der Waals surface area contributed by atoms with Crippen LogP contribution in [0.1, 0.15) is 52.9 Å². The molecule has 0 bridgehead atoms. The van der Waals surface area contributed by atoms with Crippen LogP contribution in [0.15, 0.2) is 24.1 Å². The number of methoxy groups -OCH3 is 1. The van der Waals surface area contributed by atoms with E-state index in [4.69, 9.17) is 14.9 Å². The van der Waals surface area contributed by atoms with Crippen molar-refractivity contribution in [3.63, 3.8) is 0 Å². The van der Waals surface area contributed by atoms with Gasteiger partial charge in [0.05, 0.1) is 13.7 Å². The van der Waals surface area contributed by atoms with Crippen molar-refractivity contribution < 1.29 is 23.9 Å². The second kappa shape index (κ2) is 12.3. The minimum absolute atomic E-state index is 0.0874. The normalized spacial score (nSPS) is 17.6. The zero-order valence-corrected chi connectivity index (χ0v) is 20.0. The van der Waals surface area contributed by atoms with E-state index < -0.39 is 17.7 Å². The Hall–Kier alpha value is -3.04. The lowest BCUT2D eigenvalue weighted by Gasteiger charge is -2.29. The summed E-state index contributed by atoms with van der Waals surface area (Å²) in [6.07, 6.45) is 8.82. The summed E-state index contributed by atoms with van der Waals surface area (Å²) in [4.78, 5) is 38.5. The van der Waals surface area contributed by atoms with Crippen LogP contribution < -0.4 is 16.0 Å². The molecule has 1 heterocycles. The summed E-state index contributed by atoms with van der Waals surface area (Å²) in [5.74, 6) is 0.219. The van der Waals surface area contributed by atoms with E-state index in [-0.39, 0.29) is 24.2 Å².